The Morgan fingerprint density at radius 3 is 2.83 bits per heavy atom. The molecule has 1 aromatic rings. The zero-order valence-electron chi connectivity index (χ0n) is 13.0. The highest BCUT2D eigenvalue weighted by Gasteiger charge is 2.28. The van der Waals surface area contributed by atoms with E-state index >= 15 is 0 Å². The van der Waals surface area contributed by atoms with Gasteiger partial charge in [0.1, 0.15) is 0 Å². The zero-order valence-corrected chi connectivity index (χ0v) is 13.8. The predicted molar refractivity (Wildman–Crippen MR) is 89.2 cm³/mol. The SMILES string of the molecule is CCOc1ccc(C(=O)NC2CCCC2CN)cc1[N+](=O)[O-].Cl. The van der Waals surface area contributed by atoms with Crippen LogP contribution in [0.5, 0.6) is 5.75 Å². The first-order valence-electron chi connectivity index (χ1n) is 7.49. The summed E-state index contributed by atoms with van der Waals surface area (Å²) >= 11 is 0. The van der Waals surface area contributed by atoms with E-state index in [2.05, 4.69) is 5.32 Å². The van der Waals surface area contributed by atoms with Crippen LogP contribution in [0, 0.1) is 16.0 Å². The molecule has 0 bridgehead atoms. The molecule has 1 aliphatic carbocycles. The largest absolute Gasteiger partial charge is 0.487 e. The number of carbonyl (C=O) groups excluding carboxylic acids is 1. The Morgan fingerprint density at radius 2 is 2.22 bits per heavy atom. The molecule has 3 N–H and O–H groups in total. The third kappa shape index (κ3) is 4.56. The second-order valence-corrected chi connectivity index (χ2v) is 5.38. The van der Waals surface area contributed by atoms with Crippen molar-refractivity contribution >= 4 is 24.0 Å². The van der Waals surface area contributed by atoms with E-state index in [0.29, 0.717) is 13.2 Å². The summed E-state index contributed by atoms with van der Waals surface area (Å²) in [6.45, 7) is 2.61. The van der Waals surface area contributed by atoms with Gasteiger partial charge < -0.3 is 15.8 Å². The van der Waals surface area contributed by atoms with Gasteiger partial charge in [0, 0.05) is 17.7 Å². The summed E-state index contributed by atoms with van der Waals surface area (Å²) in [5, 5.41) is 14.0. The Bertz CT molecular complexity index is 568. The molecule has 1 amide bonds. The van der Waals surface area contributed by atoms with E-state index in [0.717, 1.165) is 19.3 Å². The summed E-state index contributed by atoms with van der Waals surface area (Å²) < 4.78 is 5.21. The topological polar surface area (TPSA) is 107 Å². The van der Waals surface area contributed by atoms with Gasteiger partial charge in [-0.1, -0.05) is 6.42 Å². The van der Waals surface area contributed by atoms with E-state index in [4.69, 9.17) is 10.5 Å². The lowest BCUT2D eigenvalue weighted by Gasteiger charge is -2.19. The molecule has 0 aromatic heterocycles. The van der Waals surface area contributed by atoms with E-state index in [1.165, 1.54) is 12.1 Å². The van der Waals surface area contributed by atoms with E-state index < -0.39 is 4.92 Å². The first kappa shape index (κ1) is 19.2. The monoisotopic (exact) mass is 343 g/mol. The van der Waals surface area contributed by atoms with Gasteiger partial charge in [-0.3, -0.25) is 14.9 Å². The van der Waals surface area contributed by atoms with E-state index in [-0.39, 0.29) is 47.3 Å². The number of rotatable bonds is 6. The smallest absolute Gasteiger partial charge is 0.311 e. The van der Waals surface area contributed by atoms with Gasteiger partial charge in [0.2, 0.25) is 0 Å². The molecule has 1 fully saturated rings. The van der Waals surface area contributed by atoms with Gasteiger partial charge in [-0.2, -0.15) is 0 Å². The summed E-state index contributed by atoms with van der Waals surface area (Å²) in [6, 6.07) is 4.31. The molecule has 1 aliphatic rings. The minimum atomic E-state index is -0.542. The molecule has 7 nitrogen and oxygen atoms in total. The molecule has 1 aromatic carbocycles. The summed E-state index contributed by atoms with van der Waals surface area (Å²) in [7, 11) is 0. The van der Waals surface area contributed by atoms with Crippen LogP contribution in [0.4, 0.5) is 5.69 Å². The second kappa shape index (κ2) is 8.69. The second-order valence-electron chi connectivity index (χ2n) is 5.38. The number of amides is 1. The van der Waals surface area contributed by atoms with Crippen LogP contribution in [-0.4, -0.2) is 30.0 Å². The summed E-state index contributed by atoms with van der Waals surface area (Å²) in [4.78, 5) is 22.8. The highest BCUT2D eigenvalue weighted by Crippen LogP contribution is 2.29. The predicted octanol–water partition coefficient (Wildman–Crippen LogP) is 2.27. The third-order valence-electron chi connectivity index (χ3n) is 4.00. The number of nitrogens with zero attached hydrogens (tertiary/aromatic N) is 1. The van der Waals surface area contributed by atoms with Crippen LogP contribution in [0.3, 0.4) is 0 Å². The number of hydrogen-bond acceptors (Lipinski definition) is 5. The lowest BCUT2D eigenvalue weighted by molar-refractivity contribution is -0.385. The van der Waals surface area contributed by atoms with Crippen LogP contribution < -0.4 is 15.8 Å². The van der Waals surface area contributed by atoms with Crippen LogP contribution in [0.1, 0.15) is 36.5 Å². The minimum absolute atomic E-state index is 0. The quantitative estimate of drug-likeness (QED) is 0.608. The molecule has 2 unspecified atom stereocenters. The molecule has 0 spiro atoms. The highest BCUT2D eigenvalue weighted by molar-refractivity contribution is 5.95. The van der Waals surface area contributed by atoms with Gasteiger partial charge in [0.25, 0.3) is 5.91 Å². The van der Waals surface area contributed by atoms with Gasteiger partial charge in [0.15, 0.2) is 5.75 Å². The number of hydrogen-bond donors (Lipinski definition) is 2. The molecule has 8 heteroatoms. The minimum Gasteiger partial charge on any atom is -0.487 e. The fourth-order valence-electron chi connectivity index (χ4n) is 2.84. The maximum absolute atomic E-state index is 12.3. The highest BCUT2D eigenvalue weighted by atomic mass is 35.5. The molecule has 0 heterocycles. The Hall–Kier alpha value is -1.86. The van der Waals surface area contributed by atoms with Crippen molar-refractivity contribution in [1.82, 2.24) is 5.32 Å². The molecule has 1 saturated carbocycles. The molecule has 0 radical (unpaired) electrons. The first-order chi connectivity index (χ1) is 10.6. The summed E-state index contributed by atoms with van der Waals surface area (Å²) in [6.07, 6.45) is 2.94. The number of carbonyl (C=O) groups is 1. The lowest BCUT2D eigenvalue weighted by Crippen LogP contribution is -2.39. The Balaban J connectivity index is 0.00000264. The van der Waals surface area contributed by atoms with Crippen molar-refractivity contribution in [1.29, 1.82) is 0 Å². The van der Waals surface area contributed by atoms with Crippen molar-refractivity contribution in [2.45, 2.75) is 32.2 Å². The number of benzene rings is 1. The Morgan fingerprint density at radius 1 is 1.48 bits per heavy atom. The van der Waals surface area contributed by atoms with Crippen molar-refractivity contribution in [3.05, 3.63) is 33.9 Å². The van der Waals surface area contributed by atoms with Gasteiger partial charge in [-0.25, -0.2) is 0 Å². The molecule has 0 aliphatic heterocycles. The number of nitro groups is 1. The average molecular weight is 344 g/mol. The maximum Gasteiger partial charge on any atom is 0.311 e. The number of nitrogens with one attached hydrogen (secondary N) is 1. The van der Waals surface area contributed by atoms with Crippen LogP contribution in [-0.2, 0) is 0 Å². The fraction of sp³-hybridized carbons (Fsp3) is 0.533. The van der Waals surface area contributed by atoms with Crippen LogP contribution in [0.25, 0.3) is 0 Å². The molecule has 0 saturated heterocycles. The third-order valence-corrected chi connectivity index (χ3v) is 4.00. The Labute approximate surface area is 141 Å². The molecule has 2 rings (SSSR count). The Kier molecular flexibility index (Phi) is 7.25. The number of halogens is 1. The molecule has 128 valence electrons. The molecule has 2 atom stereocenters. The number of nitrogens with two attached hydrogens (primary N) is 1. The van der Waals surface area contributed by atoms with Crippen LogP contribution in [0.2, 0.25) is 0 Å². The van der Waals surface area contributed by atoms with Crippen molar-refractivity contribution < 1.29 is 14.5 Å². The number of ether oxygens (including phenoxy) is 1. The van der Waals surface area contributed by atoms with E-state index in [1.807, 2.05) is 0 Å². The van der Waals surface area contributed by atoms with Crippen molar-refractivity contribution in [3.63, 3.8) is 0 Å². The van der Waals surface area contributed by atoms with Crippen molar-refractivity contribution in [3.8, 4) is 5.75 Å². The van der Waals surface area contributed by atoms with Crippen molar-refractivity contribution in [2.24, 2.45) is 11.7 Å². The standard InChI is InChI=1S/C15H21N3O4.ClH/c1-2-22-14-7-6-10(8-13(14)18(20)21)15(19)17-12-5-3-4-11(12)9-16;/h6-8,11-12H,2-5,9,16H2,1H3,(H,17,19);1H. The lowest BCUT2D eigenvalue weighted by atomic mass is 10.0. The van der Waals surface area contributed by atoms with Crippen LogP contribution in [0.15, 0.2) is 18.2 Å². The summed E-state index contributed by atoms with van der Waals surface area (Å²) in [5.41, 5.74) is 5.76. The van der Waals surface area contributed by atoms with Gasteiger partial charge in [0.05, 0.1) is 11.5 Å². The maximum atomic E-state index is 12.3. The zero-order chi connectivity index (χ0) is 16.1. The fourth-order valence-corrected chi connectivity index (χ4v) is 2.84. The molecule has 23 heavy (non-hydrogen) atoms. The first-order valence-corrected chi connectivity index (χ1v) is 7.49. The van der Waals surface area contributed by atoms with Crippen molar-refractivity contribution in [2.75, 3.05) is 13.2 Å². The normalized spacial score (nSPS) is 19.7. The van der Waals surface area contributed by atoms with Gasteiger partial charge in [-0.05, 0) is 44.4 Å². The number of nitro benzene ring substituents is 1. The average Bonchev–Trinajstić information content (AvgIpc) is 2.94. The van der Waals surface area contributed by atoms with Gasteiger partial charge in [-0.15, -0.1) is 12.4 Å². The van der Waals surface area contributed by atoms with E-state index in [9.17, 15) is 14.9 Å². The van der Waals surface area contributed by atoms with E-state index in [1.54, 1.807) is 13.0 Å². The summed E-state index contributed by atoms with van der Waals surface area (Å²) in [5.74, 6) is 0.142. The van der Waals surface area contributed by atoms with Crippen LogP contribution >= 0.6 is 12.4 Å². The molecular weight excluding hydrogens is 322 g/mol. The van der Waals surface area contributed by atoms with Gasteiger partial charge >= 0.3 is 5.69 Å². The molecular formula is C15H22ClN3O4.